The Morgan fingerprint density at radius 3 is 2.52 bits per heavy atom. The van der Waals surface area contributed by atoms with Crippen LogP contribution in [0.3, 0.4) is 0 Å². The third kappa shape index (κ3) is 6.40. The first-order chi connectivity index (χ1) is 11.9. The number of halogens is 1. The van der Waals surface area contributed by atoms with Crippen LogP contribution in [0.1, 0.15) is 57.1 Å². The summed E-state index contributed by atoms with van der Waals surface area (Å²) < 4.78 is 45.7. The van der Waals surface area contributed by atoms with Crippen LogP contribution in [-0.2, 0) is 19.6 Å². The smallest absolute Gasteiger partial charge is 0.305 e. The van der Waals surface area contributed by atoms with E-state index >= 15 is 0 Å². The standard InChI is InChI=1S/C18H26FNO4S/c1-2-24-17(21)8-5-13-25(22,23)20-18(14-6-3-4-7-14)15-9-11-16(19)12-10-15/h9-12,14,18,20H,2-8,13H2,1H3. The van der Waals surface area contributed by atoms with E-state index in [1.807, 2.05) is 0 Å². The number of rotatable bonds is 9. The first-order valence-corrected chi connectivity index (χ1v) is 10.5. The largest absolute Gasteiger partial charge is 0.466 e. The lowest BCUT2D eigenvalue weighted by molar-refractivity contribution is -0.143. The molecular weight excluding hydrogens is 345 g/mol. The predicted molar refractivity (Wildman–Crippen MR) is 93.9 cm³/mol. The summed E-state index contributed by atoms with van der Waals surface area (Å²) in [5, 5.41) is 0. The SMILES string of the molecule is CCOC(=O)CCCS(=O)(=O)NC(c1ccc(F)cc1)C1CCCC1. The zero-order valence-electron chi connectivity index (χ0n) is 14.5. The molecule has 0 aromatic heterocycles. The van der Waals surface area contributed by atoms with Gasteiger partial charge in [0.1, 0.15) is 5.82 Å². The van der Waals surface area contributed by atoms with Crippen LogP contribution in [0.2, 0.25) is 0 Å². The summed E-state index contributed by atoms with van der Waals surface area (Å²) in [6, 6.07) is 5.63. The van der Waals surface area contributed by atoms with Crippen molar-refractivity contribution in [2.45, 2.75) is 51.5 Å². The fourth-order valence-corrected chi connectivity index (χ4v) is 4.65. The number of esters is 1. The lowest BCUT2D eigenvalue weighted by atomic mass is 9.92. The van der Waals surface area contributed by atoms with Crippen LogP contribution >= 0.6 is 0 Å². The molecule has 0 saturated heterocycles. The van der Waals surface area contributed by atoms with E-state index in [-0.39, 0.29) is 48.9 Å². The average Bonchev–Trinajstić information content (AvgIpc) is 3.08. The summed E-state index contributed by atoms with van der Waals surface area (Å²) in [6.07, 6.45) is 4.36. The molecule has 2 rings (SSSR count). The van der Waals surface area contributed by atoms with Crippen LogP contribution in [0.5, 0.6) is 0 Å². The molecule has 1 atom stereocenters. The monoisotopic (exact) mass is 371 g/mol. The van der Waals surface area contributed by atoms with E-state index in [1.54, 1.807) is 19.1 Å². The topological polar surface area (TPSA) is 72.5 Å². The fraction of sp³-hybridized carbons (Fsp3) is 0.611. The maximum Gasteiger partial charge on any atom is 0.305 e. The molecule has 1 aromatic carbocycles. The Kier molecular flexibility index (Phi) is 7.38. The second-order valence-electron chi connectivity index (χ2n) is 6.42. The van der Waals surface area contributed by atoms with Gasteiger partial charge in [0, 0.05) is 12.5 Å². The minimum absolute atomic E-state index is 0.0827. The van der Waals surface area contributed by atoms with Gasteiger partial charge in [-0.15, -0.1) is 0 Å². The second kappa shape index (κ2) is 9.29. The highest BCUT2D eigenvalue weighted by Gasteiger charge is 2.29. The Morgan fingerprint density at radius 1 is 1.28 bits per heavy atom. The molecule has 0 aliphatic heterocycles. The highest BCUT2D eigenvalue weighted by Crippen LogP contribution is 2.36. The van der Waals surface area contributed by atoms with Gasteiger partial charge in [0.15, 0.2) is 0 Å². The zero-order chi connectivity index (χ0) is 18.3. The summed E-state index contributed by atoms with van der Waals surface area (Å²) in [5.74, 6) is -0.643. The molecule has 1 unspecified atom stereocenters. The number of ether oxygens (including phenoxy) is 1. The van der Waals surface area contributed by atoms with Gasteiger partial charge < -0.3 is 4.74 Å². The number of benzene rings is 1. The number of carbonyl (C=O) groups is 1. The molecule has 0 heterocycles. The van der Waals surface area contributed by atoms with E-state index in [9.17, 15) is 17.6 Å². The van der Waals surface area contributed by atoms with Gasteiger partial charge in [0.25, 0.3) is 0 Å². The Hall–Kier alpha value is -1.47. The van der Waals surface area contributed by atoms with Crippen LogP contribution in [0.15, 0.2) is 24.3 Å². The summed E-state index contributed by atoms with van der Waals surface area (Å²) >= 11 is 0. The molecule has 1 fully saturated rings. The van der Waals surface area contributed by atoms with Gasteiger partial charge >= 0.3 is 5.97 Å². The molecule has 1 aliphatic rings. The molecule has 0 spiro atoms. The van der Waals surface area contributed by atoms with Gasteiger partial charge in [-0.3, -0.25) is 4.79 Å². The number of sulfonamides is 1. The van der Waals surface area contributed by atoms with Crippen molar-refractivity contribution in [2.24, 2.45) is 5.92 Å². The summed E-state index contributed by atoms with van der Waals surface area (Å²) in [6.45, 7) is 2.00. The highest BCUT2D eigenvalue weighted by atomic mass is 32.2. The quantitative estimate of drug-likeness (QED) is 0.676. The normalized spacial score (nSPS) is 16.7. The van der Waals surface area contributed by atoms with Gasteiger partial charge in [0.05, 0.1) is 12.4 Å². The van der Waals surface area contributed by atoms with Gasteiger partial charge in [-0.25, -0.2) is 17.5 Å². The van der Waals surface area contributed by atoms with Gasteiger partial charge in [0.2, 0.25) is 10.0 Å². The van der Waals surface area contributed by atoms with Gasteiger partial charge in [-0.1, -0.05) is 25.0 Å². The molecule has 0 amide bonds. The maximum absolute atomic E-state index is 13.2. The molecule has 1 aliphatic carbocycles. The molecular formula is C18H26FNO4S. The van der Waals surface area contributed by atoms with Crippen molar-refractivity contribution in [2.75, 3.05) is 12.4 Å². The van der Waals surface area contributed by atoms with E-state index in [0.29, 0.717) is 0 Å². The Labute approximate surface area is 149 Å². The van der Waals surface area contributed by atoms with E-state index in [1.165, 1.54) is 12.1 Å². The van der Waals surface area contributed by atoms with Crippen LogP contribution in [-0.4, -0.2) is 26.7 Å². The van der Waals surface area contributed by atoms with Gasteiger partial charge in [-0.2, -0.15) is 0 Å². The molecule has 140 valence electrons. The van der Waals surface area contributed by atoms with Crippen LogP contribution in [0.25, 0.3) is 0 Å². The molecule has 7 heteroatoms. The van der Waals surface area contributed by atoms with Crippen molar-refractivity contribution in [3.63, 3.8) is 0 Å². The minimum atomic E-state index is -3.54. The van der Waals surface area contributed by atoms with E-state index in [4.69, 9.17) is 4.74 Å². The maximum atomic E-state index is 13.2. The predicted octanol–water partition coefficient (Wildman–Crippen LogP) is 3.32. The highest BCUT2D eigenvalue weighted by molar-refractivity contribution is 7.89. The van der Waals surface area contributed by atoms with Gasteiger partial charge in [-0.05, 0) is 49.8 Å². The molecule has 1 saturated carbocycles. The summed E-state index contributed by atoms with van der Waals surface area (Å²) in [7, 11) is -3.54. The number of nitrogens with one attached hydrogen (secondary N) is 1. The van der Waals surface area contributed by atoms with Crippen molar-refractivity contribution in [1.29, 1.82) is 0 Å². The second-order valence-corrected chi connectivity index (χ2v) is 8.29. The van der Waals surface area contributed by atoms with Crippen LogP contribution in [0, 0.1) is 11.7 Å². The van der Waals surface area contributed by atoms with Crippen molar-refractivity contribution in [3.05, 3.63) is 35.6 Å². The summed E-state index contributed by atoms with van der Waals surface area (Å²) in [4.78, 5) is 11.3. The molecule has 1 N–H and O–H groups in total. The lowest BCUT2D eigenvalue weighted by Gasteiger charge is -2.25. The summed E-state index contributed by atoms with van der Waals surface area (Å²) in [5.41, 5.74) is 0.780. The molecule has 1 aromatic rings. The van der Waals surface area contributed by atoms with E-state index in [0.717, 1.165) is 31.2 Å². The number of hydrogen-bond donors (Lipinski definition) is 1. The van der Waals surface area contributed by atoms with E-state index in [2.05, 4.69) is 4.72 Å². The molecule has 0 bridgehead atoms. The number of hydrogen-bond acceptors (Lipinski definition) is 4. The van der Waals surface area contributed by atoms with Crippen molar-refractivity contribution in [1.82, 2.24) is 4.72 Å². The lowest BCUT2D eigenvalue weighted by Crippen LogP contribution is -2.34. The zero-order valence-corrected chi connectivity index (χ0v) is 15.4. The minimum Gasteiger partial charge on any atom is -0.466 e. The Morgan fingerprint density at radius 2 is 1.92 bits per heavy atom. The fourth-order valence-electron chi connectivity index (χ4n) is 3.29. The molecule has 25 heavy (non-hydrogen) atoms. The number of carbonyl (C=O) groups excluding carboxylic acids is 1. The van der Waals surface area contributed by atoms with E-state index < -0.39 is 10.0 Å². The Balaban J connectivity index is 2.02. The van der Waals surface area contributed by atoms with Crippen LogP contribution < -0.4 is 4.72 Å². The van der Waals surface area contributed by atoms with Crippen molar-refractivity contribution in [3.8, 4) is 0 Å². The van der Waals surface area contributed by atoms with Crippen molar-refractivity contribution < 1.29 is 22.3 Å². The Bertz CT molecular complexity index is 654. The first-order valence-electron chi connectivity index (χ1n) is 8.82. The third-order valence-electron chi connectivity index (χ3n) is 4.51. The molecule has 5 nitrogen and oxygen atoms in total. The third-order valence-corrected chi connectivity index (χ3v) is 5.95. The molecule has 0 radical (unpaired) electrons. The van der Waals surface area contributed by atoms with Crippen LogP contribution in [0.4, 0.5) is 4.39 Å². The average molecular weight is 371 g/mol. The first kappa shape index (κ1) is 19.8. The van der Waals surface area contributed by atoms with Crippen molar-refractivity contribution >= 4 is 16.0 Å².